The van der Waals surface area contributed by atoms with Gasteiger partial charge in [0.1, 0.15) is 11.4 Å². The maximum Gasteiger partial charge on any atom is 0.289 e. The molecule has 1 saturated heterocycles. The molecule has 2 aromatic rings. The molecule has 3 aliphatic rings. The third-order valence-corrected chi connectivity index (χ3v) is 7.54. The van der Waals surface area contributed by atoms with E-state index >= 15 is 0 Å². The number of nitrogens with zero attached hydrogens (tertiary/aromatic N) is 5. The van der Waals surface area contributed by atoms with Crippen molar-refractivity contribution < 1.29 is 9.59 Å². The minimum Gasteiger partial charge on any atom is -0.347 e. The lowest BCUT2D eigenvalue weighted by Crippen LogP contribution is -2.36. The summed E-state index contributed by atoms with van der Waals surface area (Å²) < 4.78 is 3.41. The fourth-order valence-electron chi connectivity index (χ4n) is 5.54. The predicted octanol–water partition coefficient (Wildman–Crippen LogP) is 1.52. The Morgan fingerprint density at radius 2 is 1.91 bits per heavy atom. The number of carbonyl (C=O) groups excluding carboxylic acids is 2. The standard InChI is InChI=1S/C23H30N6O3/c1-27-12-4-7-17(21(27)31)22(32)28-13-10-23(15-28)9-8-18-25-26-19(29(18)14-11-23)20(30)24-16-5-2-3-6-16/h4,7,12,16H,2-3,5-6,8-11,13-15H2,1H3,(H,24,30). The van der Waals surface area contributed by atoms with Gasteiger partial charge in [0.15, 0.2) is 0 Å². The van der Waals surface area contributed by atoms with Crippen LogP contribution in [0.1, 0.15) is 71.7 Å². The molecule has 4 heterocycles. The van der Waals surface area contributed by atoms with E-state index in [4.69, 9.17) is 0 Å². The van der Waals surface area contributed by atoms with Crippen LogP contribution in [-0.4, -0.2) is 55.2 Å². The quantitative estimate of drug-likeness (QED) is 0.783. The number of likely N-dealkylation sites (tertiary alicyclic amines) is 1. The number of fused-ring (bicyclic) bond motifs is 1. The lowest BCUT2D eigenvalue weighted by molar-refractivity contribution is 0.0764. The molecule has 0 bridgehead atoms. The third kappa shape index (κ3) is 3.73. The molecule has 9 heteroatoms. The van der Waals surface area contributed by atoms with Crippen LogP contribution in [0.2, 0.25) is 0 Å². The highest BCUT2D eigenvalue weighted by Gasteiger charge is 2.42. The Labute approximate surface area is 186 Å². The van der Waals surface area contributed by atoms with Crippen LogP contribution in [0.15, 0.2) is 23.1 Å². The van der Waals surface area contributed by atoms with Gasteiger partial charge >= 0.3 is 0 Å². The molecule has 9 nitrogen and oxygen atoms in total. The fourth-order valence-corrected chi connectivity index (χ4v) is 5.54. The highest BCUT2D eigenvalue weighted by molar-refractivity contribution is 5.94. The summed E-state index contributed by atoms with van der Waals surface area (Å²) in [6.07, 6.45) is 9.43. The van der Waals surface area contributed by atoms with E-state index in [2.05, 4.69) is 15.5 Å². The second-order valence-corrected chi connectivity index (χ2v) is 9.61. The van der Waals surface area contributed by atoms with Gasteiger partial charge in [-0.3, -0.25) is 14.4 Å². The molecule has 0 aromatic carbocycles. The van der Waals surface area contributed by atoms with Gasteiger partial charge in [0.25, 0.3) is 17.4 Å². The van der Waals surface area contributed by atoms with Crippen molar-refractivity contribution in [1.82, 2.24) is 29.5 Å². The Morgan fingerprint density at radius 3 is 2.72 bits per heavy atom. The maximum atomic E-state index is 13.0. The van der Waals surface area contributed by atoms with Crippen LogP contribution in [-0.2, 0) is 20.0 Å². The van der Waals surface area contributed by atoms with Gasteiger partial charge in [-0.2, -0.15) is 0 Å². The zero-order valence-electron chi connectivity index (χ0n) is 18.5. The summed E-state index contributed by atoms with van der Waals surface area (Å²) in [5, 5.41) is 11.6. The molecular weight excluding hydrogens is 408 g/mol. The molecular formula is C23H30N6O3. The van der Waals surface area contributed by atoms with Gasteiger partial charge in [0.05, 0.1) is 0 Å². The maximum absolute atomic E-state index is 13.0. The molecule has 32 heavy (non-hydrogen) atoms. The minimum atomic E-state index is -0.261. The largest absolute Gasteiger partial charge is 0.347 e. The van der Waals surface area contributed by atoms with Gasteiger partial charge in [-0.1, -0.05) is 12.8 Å². The van der Waals surface area contributed by atoms with Crippen LogP contribution in [0.25, 0.3) is 0 Å². The summed E-state index contributed by atoms with van der Waals surface area (Å²) in [7, 11) is 1.66. The summed E-state index contributed by atoms with van der Waals surface area (Å²) in [6, 6.07) is 3.59. The van der Waals surface area contributed by atoms with Crippen molar-refractivity contribution >= 4 is 11.8 Å². The third-order valence-electron chi connectivity index (χ3n) is 7.54. The average Bonchev–Trinajstić information content (AvgIpc) is 3.50. The van der Waals surface area contributed by atoms with Crippen LogP contribution >= 0.6 is 0 Å². The SMILES string of the molecule is Cn1cccc(C(=O)N2CCC3(CCc4nnc(C(=O)NC5CCCC5)n4CC3)C2)c1=O. The summed E-state index contributed by atoms with van der Waals surface area (Å²) >= 11 is 0. The van der Waals surface area contributed by atoms with Gasteiger partial charge in [0.2, 0.25) is 5.82 Å². The Morgan fingerprint density at radius 1 is 1.12 bits per heavy atom. The number of aromatic nitrogens is 4. The van der Waals surface area contributed by atoms with E-state index < -0.39 is 0 Å². The monoisotopic (exact) mass is 438 g/mol. The number of hydrogen-bond acceptors (Lipinski definition) is 5. The summed E-state index contributed by atoms with van der Waals surface area (Å²) in [5.74, 6) is 0.931. The zero-order valence-corrected chi connectivity index (χ0v) is 18.5. The lowest BCUT2D eigenvalue weighted by atomic mass is 9.80. The van der Waals surface area contributed by atoms with E-state index in [-0.39, 0.29) is 34.4 Å². The Balaban J connectivity index is 1.28. The van der Waals surface area contributed by atoms with Gasteiger partial charge in [-0.05, 0) is 49.7 Å². The van der Waals surface area contributed by atoms with Crippen LogP contribution < -0.4 is 10.9 Å². The molecule has 1 spiro atoms. The number of aryl methyl sites for hydroxylation is 2. The Hall–Kier alpha value is -2.97. The molecule has 2 amide bonds. The molecule has 5 rings (SSSR count). The molecule has 1 atom stereocenters. The molecule has 1 saturated carbocycles. The molecule has 2 fully saturated rings. The molecule has 170 valence electrons. The first-order chi connectivity index (χ1) is 15.5. The van der Waals surface area contributed by atoms with Crippen LogP contribution in [0.5, 0.6) is 0 Å². The summed E-state index contributed by atoms with van der Waals surface area (Å²) in [6.45, 7) is 1.95. The first kappa shape index (κ1) is 20.9. The topological polar surface area (TPSA) is 102 Å². The van der Waals surface area contributed by atoms with Crippen LogP contribution in [0.3, 0.4) is 0 Å². The van der Waals surface area contributed by atoms with E-state index in [0.717, 1.165) is 57.2 Å². The van der Waals surface area contributed by atoms with Gasteiger partial charge in [0, 0.05) is 45.3 Å². The van der Waals surface area contributed by atoms with E-state index in [1.807, 2.05) is 9.47 Å². The molecule has 0 radical (unpaired) electrons. The predicted molar refractivity (Wildman–Crippen MR) is 117 cm³/mol. The number of pyridine rings is 1. The smallest absolute Gasteiger partial charge is 0.289 e. The lowest BCUT2D eigenvalue weighted by Gasteiger charge is -2.27. The molecule has 1 aliphatic carbocycles. The Bertz CT molecular complexity index is 1100. The van der Waals surface area contributed by atoms with Crippen molar-refractivity contribution in [2.24, 2.45) is 12.5 Å². The van der Waals surface area contributed by atoms with E-state index in [1.165, 1.54) is 4.57 Å². The van der Waals surface area contributed by atoms with Crippen molar-refractivity contribution in [3.05, 3.63) is 45.9 Å². The summed E-state index contributed by atoms with van der Waals surface area (Å²) in [4.78, 5) is 40.0. The molecule has 2 aromatic heterocycles. The number of nitrogens with one attached hydrogen (secondary N) is 1. The first-order valence-electron chi connectivity index (χ1n) is 11.6. The van der Waals surface area contributed by atoms with Crippen molar-refractivity contribution in [2.45, 2.75) is 64.0 Å². The molecule has 1 unspecified atom stereocenters. The van der Waals surface area contributed by atoms with E-state index in [0.29, 0.717) is 25.5 Å². The number of carbonyl (C=O) groups is 2. The van der Waals surface area contributed by atoms with E-state index in [1.54, 1.807) is 25.4 Å². The van der Waals surface area contributed by atoms with E-state index in [9.17, 15) is 14.4 Å². The van der Waals surface area contributed by atoms with Gasteiger partial charge < -0.3 is 19.4 Å². The van der Waals surface area contributed by atoms with Crippen LogP contribution in [0, 0.1) is 5.41 Å². The van der Waals surface area contributed by atoms with Crippen molar-refractivity contribution in [2.75, 3.05) is 13.1 Å². The zero-order chi connectivity index (χ0) is 22.3. The number of amides is 2. The summed E-state index contributed by atoms with van der Waals surface area (Å²) in [5.41, 5.74) is -0.0534. The second kappa shape index (κ2) is 8.18. The highest BCUT2D eigenvalue weighted by Crippen LogP contribution is 2.41. The first-order valence-corrected chi connectivity index (χ1v) is 11.6. The minimum absolute atomic E-state index is 0.0183. The van der Waals surface area contributed by atoms with Crippen LogP contribution in [0.4, 0.5) is 0 Å². The Kier molecular flexibility index (Phi) is 5.35. The van der Waals surface area contributed by atoms with Crippen molar-refractivity contribution in [3.63, 3.8) is 0 Å². The normalized spacial score (nSPS) is 23.3. The molecule has 2 aliphatic heterocycles. The fraction of sp³-hybridized carbons (Fsp3) is 0.609. The average molecular weight is 439 g/mol. The number of hydrogen-bond donors (Lipinski definition) is 1. The van der Waals surface area contributed by atoms with Crippen molar-refractivity contribution in [3.8, 4) is 0 Å². The molecule has 1 N–H and O–H groups in total. The number of rotatable bonds is 3. The van der Waals surface area contributed by atoms with Gasteiger partial charge in [-0.15, -0.1) is 10.2 Å². The second-order valence-electron chi connectivity index (χ2n) is 9.61. The van der Waals surface area contributed by atoms with Crippen molar-refractivity contribution in [1.29, 1.82) is 0 Å². The highest BCUT2D eigenvalue weighted by atomic mass is 16.2. The van der Waals surface area contributed by atoms with Gasteiger partial charge in [-0.25, -0.2) is 0 Å².